The molecule has 1 amide bonds. The summed E-state index contributed by atoms with van der Waals surface area (Å²) < 4.78 is 4.64. The summed E-state index contributed by atoms with van der Waals surface area (Å²) >= 11 is 0. The number of ether oxygens (including phenoxy) is 1. The minimum Gasteiger partial charge on any atom is -0.480 e. The molecule has 1 unspecified atom stereocenters. The Morgan fingerprint density at radius 1 is 1.69 bits per heavy atom. The van der Waals surface area contributed by atoms with E-state index in [2.05, 4.69) is 25.2 Å². The Balaban J connectivity index is 2.65. The fraction of sp³-hybridized carbons (Fsp3) is 0.429. The Morgan fingerprint density at radius 3 is 2.81 bits per heavy atom. The van der Waals surface area contributed by atoms with Crippen molar-refractivity contribution in [3.63, 3.8) is 0 Å². The van der Waals surface area contributed by atoms with Crippen LogP contribution in [0.3, 0.4) is 0 Å². The van der Waals surface area contributed by atoms with Gasteiger partial charge in [-0.05, 0) is 0 Å². The Bertz CT molecular complexity index is 390. The molecule has 0 radical (unpaired) electrons. The van der Waals surface area contributed by atoms with Gasteiger partial charge in [0.05, 0.1) is 6.61 Å². The number of methoxy groups -OCH3 is 1. The molecule has 88 valence electrons. The van der Waals surface area contributed by atoms with Crippen molar-refractivity contribution in [2.45, 2.75) is 6.04 Å². The van der Waals surface area contributed by atoms with Crippen LogP contribution in [0.4, 0.5) is 5.95 Å². The molecule has 0 aliphatic rings. The van der Waals surface area contributed by atoms with Gasteiger partial charge in [0.15, 0.2) is 6.04 Å². The summed E-state index contributed by atoms with van der Waals surface area (Å²) in [7, 11) is 1.33. The van der Waals surface area contributed by atoms with Crippen LogP contribution >= 0.6 is 0 Å². The second-order valence-electron chi connectivity index (χ2n) is 2.86. The number of carbonyl (C=O) groups excluding carboxylic acids is 1. The maximum absolute atomic E-state index is 11.4. The van der Waals surface area contributed by atoms with Crippen molar-refractivity contribution < 1.29 is 19.4 Å². The van der Waals surface area contributed by atoms with Crippen molar-refractivity contribution in [3.05, 3.63) is 5.82 Å². The number of hydrogen-bond donors (Lipinski definition) is 4. The molecule has 0 fully saturated rings. The number of aromatic nitrogens is 3. The summed E-state index contributed by atoms with van der Waals surface area (Å²) in [6.45, 7) is -0.148. The second-order valence-corrected chi connectivity index (χ2v) is 2.86. The number of nitrogen functional groups attached to an aromatic ring is 1. The lowest BCUT2D eigenvalue weighted by molar-refractivity contribution is -0.140. The highest BCUT2D eigenvalue weighted by atomic mass is 16.5. The van der Waals surface area contributed by atoms with Crippen molar-refractivity contribution >= 4 is 17.8 Å². The van der Waals surface area contributed by atoms with Gasteiger partial charge >= 0.3 is 5.97 Å². The number of nitrogens with zero attached hydrogens (tertiary/aromatic N) is 2. The SMILES string of the molecule is COCC(NC(=O)c1nc(N)n[nH]1)C(=O)O. The van der Waals surface area contributed by atoms with Gasteiger partial charge in [-0.1, -0.05) is 0 Å². The van der Waals surface area contributed by atoms with Gasteiger partial charge in [0, 0.05) is 7.11 Å². The van der Waals surface area contributed by atoms with Crippen molar-refractivity contribution in [2.24, 2.45) is 0 Å². The molecule has 1 heterocycles. The number of anilines is 1. The highest BCUT2D eigenvalue weighted by Crippen LogP contribution is 1.94. The molecule has 1 aromatic heterocycles. The first-order valence-electron chi connectivity index (χ1n) is 4.25. The topological polar surface area (TPSA) is 143 Å². The van der Waals surface area contributed by atoms with Crippen LogP contribution in [0.25, 0.3) is 0 Å². The summed E-state index contributed by atoms with van der Waals surface area (Å²) in [5.74, 6) is -2.17. The number of amides is 1. The first-order valence-corrected chi connectivity index (χ1v) is 4.25. The van der Waals surface area contributed by atoms with Crippen LogP contribution in [0.2, 0.25) is 0 Å². The predicted molar refractivity (Wildman–Crippen MR) is 51.6 cm³/mol. The number of rotatable bonds is 5. The average Bonchev–Trinajstić information content (AvgIpc) is 2.64. The quantitative estimate of drug-likeness (QED) is 0.467. The number of aromatic amines is 1. The van der Waals surface area contributed by atoms with Gasteiger partial charge in [0.1, 0.15) is 0 Å². The minimum atomic E-state index is -1.21. The number of carboxylic acid groups (broad SMARTS) is 1. The molecule has 0 saturated carbocycles. The van der Waals surface area contributed by atoms with Crippen LogP contribution < -0.4 is 11.1 Å². The molecular weight excluding hydrogens is 218 g/mol. The summed E-state index contributed by atoms with van der Waals surface area (Å²) in [6.07, 6.45) is 0. The molecule has 9 nitrogen and oxygen atoms in total. The molecule has 9 heteroatoms. The van der Waals surface area contributed by atoms with E-state index in [1.54, 1.807) is 0 Å². The van der Waals surface area contributed by atoms with E-state index in [0.717, 1.165) is 0 Å². The number of aliphatic carboxylic acids is 1. The Kier molecular flexibility index (Phi) is 3.78. The summed E-state index contributed by atoms with van der Waals surface area (Å²) in [5.41, 5.74) is 5.19. The third kappa shape index (κ3) is 2.92. The van der Waals surface area contributed by atoms with Gasteiger partial charge in [-0.2, -0.15) is 4.98 Å². The third-order valence-electron chi connectivity index (χ3n) is 1.65. The molecule has 0 aromatic carbocycles. The van der Waals surface area contributed by atoms with Gasteiger partial charge in [0.25, 0.3) is 5.91 Å². The molecule has 16 heavy (non-hydrogen) atoms. The number of nitrogens with two attached hydrogens (primary N) is 1. The first-order chi connectivity index (χ1) is 7.54. The van der Waals surface area contributed by atoms with Crippen molar-refractivity contribution in [3.8, 4) is 0 Å². The van der Waals surface area contributed by atoms with Crippen LogP contribution in [0.5, 0.6) is 0 Å². The molecule has 1 aromatic rings. The van der Waals surface area contributed by atoms with E-state index in [4.69, 9.17) is 10.8 Å². The highest BCUT2D eigenvalue weighted by Gasteiger charge is 2.22. The van der Waals surface area contributed by atoms with Crippen LogP contribution in [0.15, 0.2) is 0 Å². The van der Waals surface area contributed by atoms with E-state index >= 15 is 0 Å². The average molecular weight is 229 g/mol. The van der Waals surface area contributed by atoms with E-state index in [1.165, 1.54) is 7.11 Å². The molecule has 5 N–H and O–H groups in total. The van der Waals surface area contributed by atoms with E-state index < -0.39 is 17.9 Å². The van der Waals surface area contributed by atoms with E-state index in [0.29, 0.717) is 0 Å². The smallest absolute Gasteiger partial charge is 0.328 e. The van der Waals surface area contributed by atoms with Crippen molar-refractivity contribution in [1.29, 1.82) is 0 Å². The normalized spacial score (nSPS) is 12.1. The number of carboxylic acids is 1. The Hall–Kier alpha value is -2.16. The maximum atomic E-state index is 11.4. The van der Waals surface area contributed by atoms with Gasteiger partial charge < -0.3 is 20.9 Å². The highest BCUT2D eigenvalue weighted by molar-refractivity contribution is 5.93. The van der Waals surface area contributed by atoms with Gasteiger partial charge in [-0.15, -0.1) is 5.10 Å². The Morgan fingerprint density at radius 2 is 2.38 bits per heavy atom. The van der Waals surface area contributed by atoms with E-state index in [9.17, 15) is 9.59 Å². The zero-order valence-corrected chi connectivity index (χ0v) is 8.43. The van der Waals surface area contributed by atoms with Gasteiger partial charge in [-0.25, -0.2) is 4.79 Å². The standard InChI is InChI=1S/C7H11N5O4/c1-16-2-3(6(14)15)9-5(13)4-10-7(8)12-11-4/h3H,2H2,1H3,(H,9,13)(H,14,15)(H3,8,10,11,12). The second kappa shape index (κ2) is 5.07. The van der Waals surface area contributed by atoms with Crippen LogP contribution in [-0.2, 0) is 9.53 Å². The molecular formula is C7H11N5O4. The maximum Gasteiger partial charge on any atom is 0.328 e. The predicted octanol–water partition coefficient (Wildman–Crippen LogP) is -1.78. The fourth-order valence-electron chi connectivity index (χ4n) is 0.944. The lowest BCUT2D eigenvalue weighted by Gasteiger charge is -2.11. The summed E-state index contributed by atoms with van der Waals surface area (Å²) in [6, 6.07) is -1.15. The Labute approximate surface area is 90.0 Å². The number of carbonyl (C=O) groups is 2. The van der Waals surface area contributed by atoms with Crippen LogP contribution in [-0.4, -0.2) is 51.9 Å². The van der Waals surface area contributed by atoms with Gasteiger partial charge in [-0.3, -0.25) is 9.89 Å². The molecule has 0 aliphatic carbocycles. The van der Waals surface area contributed by atoms with Crippen molar-refractivity contribution in [2.75, 3.05) is 19.5 Å². The minimum absolute atomic E-state index is 0.0937. The molecule has 1 atom stereocenters. The van der Waals surface area contributed by atoms with E-state index in [-0.39, 0.29) is 18.4 Å². The monoisotopic (exact) mass is 229 g/mol. The molecule has 0 spiro atoms. The van der Waals surface area contributed by atoms with Crippen molar-refractivity contribution in [1.82, 2.24) is 20.5 Å². The lowest BCUT2D eigenvalue weighted by Crippen LogP contribution is -2.44. The molecule has 0 bridgehead atoms. The number of H-pyrrole nitrogens is 1. The molecule has 1 rings (SSSR count). The van der Waals surface area contributed by atoms with E-state index in [1.807, 2.05) is 0 Å². The fourth-order valence-corrected chi connectivity index (χ4v) is 0.944. The first kappa shape index (κ1) is 11.9. The zero-order valence-electron chi connectivity index (χ0n) is 8.43. The van der Waals surface area contributed by atoms with Gasteiger partial charge in [0.2, 0.25) is 11.8 Å². The van der Waals surface area contributed by atoms with Crippen LogP contribution in [0.1, 0.15) is 10.6 Å². The number of nitrogens with one attached hydrogen (secondary N) is 2. The number of hydrogen-bond acceptors (Lipinski definition) is 6. The zero-order chi connectivity index (χ0) is 12.1. The lowest BCUT2D eigenvalue weighted by atomic mass is 10.3. The largest absolute Gasteiger partial charge is 0.480 e. The third-order valence-corrected chi connectivity index (χ3v) is 1.65. The summed E-state index contributed by atoms with van der Waals surface area (Å²) in [4.78, 5) is 25.7. The summed E-state index contributed by atoms with van der Waals surface area (Å²) in [5, 5.41) is 16.6. The molecule has 0 saturated heterocycles. The molecule has 0 aliphatic heterocycles. The van der Waals surface area contributed by atoms with Crippen LogP contribution in [0, 0.1) is 0 Å².